The summed E-state index contributed by atoms with van der Waals surface area (Å²) in [4.78, 5) is 0. The molecule has 0 bridgehead atoms. The molecule has 0 radical (unpaired) electrons. The van der Waals surface area contributed by atoms with Gasteiger partial charge in [-0.3, -0.25) is 0 Å². The molecule has 1 unspecified atom stereocenters. The van der Waals surface area contributed by atoms with Gasteiger partial charge in [-0.05, 0) is 25.5 Å². The SMILES string of the molecule is CCc1occc1C(CC1CC1)NC. The van der Waals surface area contributed by atoms with Gasteiger partial charge in [-0.1, -0.05) is 19.8 Å². The minimum absolute atomic E-state index is 0.496. The van der Waals surface area contributed by atoms with Crippen LogP contribution in [0.1, 0.15) is 43.6 Å². The van der Waals surface area contributed by atoms with E-state index < -0.39 is 0 Å². The molecule has 2 nitrogen and oxygen atoms in total. The van der Waals surface area contributed by atoms with Crippen LogP contribution in [0.2, 0.25) is 0 Å². The van der Waals surface area contributed by atoms with Crippen molar-refractivity contribution in [3.63, 3.8) is 0 Å². The van der Waals surface area contributed by atoms with Crippen molar-refractivity contribution in [3.05, 3.63) is 23.7 Å². The smallest absolute Gasteiger partial charge is 0.108 e. The van der Waals surface area contributed by atoms with Gasteiger partial charge in [-0.2, -0.15) is 0 Å². The number of rotatable bonds is 5. The number of nitrogens with one attached hydrogen (secondary N) is 1. The fraction of sp³-hybridized carbons (Fsp3) is 0.667. The van der Waals surface area contributed by atoms with Crippen LogP contribution in [0.4, 0.5) is 0 Å². The highest BCUT2D eigenvalue weighted by atomic mass is 16.3. The quantitative estimate of drug-likeness (QED) is 0.777. The Bertz CT molecular complexity index is 288. The summed E-state index contributed by atoms with van der Waals surface area (Å²) in [7, 11) is 2.04. The molecule has 1 N–H and O–H groups in total. The van der Waals surface area contributed by atoms with E-state index in [0.29, 0.717) is 6.04 Å². The summed E-state index contributed by atoms with van der Waals surface area (Å²) in [6, 6.07) is 2.61. The fourth-order valence-corrected chi connectivity index (χ4v) is 2.04. The molecule has 1 fully saturated rings. The van der Waals surface area contributed by atoms with Gasteiger partial charge >= 0.3 is 0 Å². The molecule has 14 heavy (non-hydrogen) atoms. The topological polar surface area (TPSA) is 25.2 Å². The van der Waals surface area contributed by atoms with E-state index in [-0.39, 0.29) is 0 Å². The Hall–Kier alpha value is -0.760. The molecule has 0 aromatic carbocycles. The third-order valence-electron chi connectivity index (χ3n) is 3.09. The Balaban J connectivity index is 2.08. The van der Waals surface area contributed by atoms with Crippen molar-refractivity contribution < 1.29 is 4.42 Å². The highest BCUT2D eigenvalue weighted by molar-refractivity contribution is 5.21. The maximum atomic E-state index is 5.46. The molecule has 2 rings (SSSR count). The lowest BCUT2D eigenvalue weighted by atomic mass is 10.0. The molecule has 0 amide bonds. The van der Waals surface area contributed by atoms with Crippen LogP contribution < -0.4 is 5.32 Å². The number of hydrogen-bond donors (Lipinski definition) is 1. The van der Waals surface area contributed by atoms with E-state index in [4.69, 9.17) is 4.42 Å². The second-order valence-corrected chi connectivity index (χ2v) is 4.17. The predicted octanol–water partition coefficient (Wildman–Crippen LogP) is 2.90. The first kappa shape index (κ1) is 9.78. The fourth-order valence-electron chi connectivity index (χ4n) is 2.04. The second kappa shape index (κ2) is 4.18. The predicted molar refractivity (Wildman–Crippen MR) is 57.2 cm³/mol. The minimum Gasteiger partial charge on any atom is -0.469 e. The third-order valence-corrected chi connectivity index (χ3v) is 3.09. The zero-order valence-electron chi connectivity index (χ0n) is 9.05. The molecule has 1 aliphatic rings. The maximum absolute atomic E-state index is 5.46. The summed E-state index contributed by atoms with van der Waals surface area (Å²) in [5, 5.41) is 3.39. The molecular formula is C12H19NO. The van der Waals surface area contributed by atoms with Gasteiger partial charge in [0.25, 0.3) is 0 Å². The zero-order chi connectivity index (χ0) is 9.97. The largest absolute Gasteiger partial charge is 0.469 e. The number of aryl methyl sites for hydroxylation is 1. The standard InChI is InChI=1S/C12H19NO/c1-3-12-10(6-7-14-12)11(13-2)8-9-4-5-9/h6-7,9,11,13H,3-5,8H2,1-2H3. The Kier molecular flexibility index (Phi) is 2.92. The molecule has 1 aromatic rings. The maximum Gasteiger partial charge on any atom is 0.108 e. The van der Waals surface area contributed by atoms with Crippen LogP contribution in [0.25, 0.3) is 0 Å². The molecule has 1 aromatic heterocycles. The van der Waals surface area contributed by atoms with Gasteiger partial charge in [0, 0.05) is 18.0 Å². The van der Waals surface area contributed by atoms with Gasteiger partial charge in [-0.25, -0.2) is 0 Å². The van der Waals surface area contributed by atoms with Crippen LogP contribution in [-0.2, 0) is 6.42 Å². The van der Waals surface area contributed by atoms with E-state index in [0.717, 1.165) is 18.1 Å². The molecule has 78 valence electrons. The van der Waals surface area contributed by atoms with E-state index in [2.05, 4.69) is 18.3 Å². The first-order valence-corrected chi connectivity index (χ1v) is 5.58. The first-order chi connectivity index (χ1) is 6.85. The van der Waals surface area contributed by atoms with Gasteiger partial charge in [0.15, 0.2) is 0 Å². The average molecular weight is 193 g/mol. The van der Waals surface area contributed by atoms with Crippen LogP contribution in [0.3, 0.4) is 0 Å². The van der Waals surface area contributed by atoms with Crippen LogP contribution in [0.15, 0.2) is 16.7 Å². The molecule has 1 saturated carbocycles. The number of furan rings is 1. The normalized spacial score (nSPS) is 18.4. The molecule has 1 atom stereocenters. The van der Waals surface area contributed by atoms with E-state index in [1.165, 1.54) is 24.8 Å². The Morgan fingerprint density at radius 1 is 1.57 bits per heavy atom. The van der Waals surface area contributed by atoms with Crippen molar-refractivity contribution in [2.75, 3.05) is 7.05 Å². The van der Waals surface area contributed by atoms with Crippen LogP contribution >= 0.6 is 0 Å². The van der Waals surface area contributed by atoms with Crippen LogP contribution in [0, 0.1) is 5.92 Å². The molecule has 2 heteroatoms. The van der Waals surface area contributed by atoms with E-state index in [1.54, 1.807) is 0 Å². The number of hydrogen-bond acceptors (Lipinski definition) is 2. The van der Waals surface area contributed by atoms with Crippen LogP contribution in [0.5, 0.6) is 0 Å². The van der Waals surface area contributed by atoms with Crippen LogP contribution in [-0.4, -0.2) is 7.05 Å². The third kappa shape index (κ3) is 2.01. The van der Waals surface area contributed by atoms with Crippen molar-refractivity contribution >= 4 is 0 Å². The Morgan fingerprint density at radius 3 is 2.93 bits per heavy atom. The summed E-state index contributed by atoms with van der Waals surface area (Å²) in [5.41, 5.74) is 1.36. The lowest BCUT2D eigenvalue weighted by Crippen LogP contribution is -2.17. The minimum atomic E-state index is 0.496. The summed E-state index contributed by atoms with van der Waals surface area (Å²) in [5.74, 6) is 2.09. The summed E-state index contributed by atoms with van der Waals surface area (Å²) < 4.78 is 5.46. The monoisotopic (exact) mass is 193 g/mol. The van der Waals surface area contributed by atoms with Gasteiger partial charge in [0.1, 0.15) is 5.76 Å². The second-order valence-electron chi connectivity index (χ2n) is 4.17. The van der Waals surface area contributed by atoms with Crippen molar-refractivity contribution in [2.24, 2.45) is 5.92 Å². The van der Waals surface area contributed by atoms with Gasteiger partial charge < -0.3 is 9.73 Å². The summed E-state index contributed by atoms with van der Waals surface area (Å²) in [6.07, 6.45) is 6.90. The Labute approximate surface area is 85.7 Å². The van der Waals surface area contributed by atoms with Crippen molar-refractivity contribution in [3.8, 4) is 0 Å². The molecule has 0 spiro atoms. The lowest BCUT2D eigenvalue weighted by Gasteiger charge is -2.15. The summed E-state index contributed by atoms with van der Waals surface area (Å²) >= 11 is 0. The van der Waals surface area contributed by atoms with Crippen molar-refractivity contribution in [1.82, 2.24) is 5.32 Å². The summed E-state index contributed by atoms with van der Waals surface area (Å²) in [6.45, 7) is 2.15. The van der Waals surface area contributed by atoms with E-state index in [9.17, 15) is 0 Å². The van der Waals surface area contributed by atoms with Crippen molar-refractivity contribution in [2.45, 2.75) is 38.6 Å². The average Bonchev–Trinajstić information content (AvgIpc) is 2.90. The molecule has 1 aliphatic carbocycles. The lowest BCUT2D eigenvalue weighted by molar-refractivity contribution is 0.474. The first-order valence-electron chi connectivity index (χ1n) is 5.58. The Morgan fingerprint density at radius 2 is 2.36 bits per heavy atom. The highest BCUT2D eigenvalue weighted by Crippen LogP contribution is 2.38. The molecular weight excluding hydrogens is 174 g/mol. The van der Waals surface area contributed by atoms with Gasteiger partial charge in [0.2, 0.25) is 0 Å². The van der Waals surface area contributed by atoms with E-state index >= 15 is 0 Å². The zero-order valence-corrected chi connectivity index (χ0v) is 9.05. The van der Waals surface area contributed by atoms with E-state index in [1.807, 2.05) is 13.3 Å². The van der Waals surface area contributed by atoms with Crippen molar-refractivity contribution in [1.29, 1.82) is 0 Å². The molecule has 1 heterocycles. The molecule has 0 aliphatic heterocycles. The van der Waals surface area contributed by atoms with Gasteiger partial charge in [0.05, 0.1) is 6.26 Å². The van der Waals surface area contributed by atoms with Gasteiger partial charge in [-0.15, -0.1) is 0 Å². The highest BCUT2D eigenvalue weighted by Gasteiger charge is 2.27. The molecule has 0 saturated heterocycles.